The fourth-order valence-electron chi connectivity index (χ4n) is 3.08. The summed E-state index contributed by atoms with van der Waals surface area (Å²) in [6.45, 7) is 0.152. The number of sulfonamides is 1. The van der Waals surface area contributed by atoms with Gasteiger partial charge in [0, 0.05) is 12.1 Å². The summed E-state index contributed by atoms with van der Waals surface area (Å²) in [5, 5.41) is 8.55. The summed E-state index contributed by atoms with van der Waals surface area (Å²) in [7, 11) is -3.63. The first-order chi connectivity index (χ1) is 14.1. The van der Waals surface area contributed by atoms with Crippen LogP contribution in [-0.2, 0) is 10.0 Å². The van der Waals surface area contributed by atoms with Gasteiger partial charge in [-0.2, -0.15) is 0 Å². The van der Waals surface area contributed by atoms with Crippen molar-refractivity contribution in [2.45, 2.75) is 10.9 Å². The van der Waals surface area contributed by atoms with Crippen LogP contribution in [0.2, 0.25) is 0 Å². The molecule has 1 aromatic heterocycles. The lowest BCUT2D eigenvalue weighted by molar-refractivity contribution is 0.492. The zero-order valence-corrected chi connectivity index (χ0v) is 16.4. The van der Waals surface area contributed by atoms with Crippen LogP contribution in [0, 0.1) is 0 Å². The lowest BCUT2D eigenvalue weighted by atomic mass is 10.1. The van der Waals surface area contributed by atoms with E-state index in [-0.39, 0.29) is 17.5 Å². The standard InChI is InChI=1S/C22H20N4O2S/c27-29(28,20-14-8-3-9-15-20)23-16-22(19-12-6-2-7-13-19)26-17-21(24-25-26)18-10-4-1-5-11-18/h1-15,17,22-23H,16H2. The van der Waals surface area contributed by atoms with E-state index in [0.717, 1.165) is 16.8 Å². The Hall–Kier alpha value is -3.29. The zero-order chi connectivity index (χ0) is 20.1. The van der Waals surface area contributed by atoms with Crippen molar-refractivity contribution in [3.8, 4) is 11.3 Å². The van der Waals surface area contributed by atoms with Crippen LogP contribution in [-0.4, -0.2) is 30.0 Å². The van der Waals surface area contributed by atoms with Crippen LogP contribution in [0.1, 0.15) is 11.6 Å². The van der Waals surface area contributed by atoms with E-state index < -0.39 is 10.0 Å². The van der Waals surface area contributed by atoms with E-state index in [1.807, 2.05) is 66.9 Å². The van der Waals surface area contributed by atoms with E-state index >= 15 is 0 Å². The van der Waals surface area contributed by atoms with Crippen LogP contribution >= 0.6 is 0 Å². The second-order valence-electron chi connectivity index (χ2n) is 6.54. The Bertz CT molecular complexity index is 1160. The van der Waals surface area contributed by atoms with E-state index in [2.05, 4.69) is 15.0 Å². The topological polar surface area (TPSA) is 76.9 Å². The maximum atomic E-state index is 12.7. The Morgan fingerprint density at radius 1 is 0.828 bits per heavy atom. The van der Waals surface area contributed by atoms with Gasteiger partial charge in [-0.3, -0.25) is 0 Å². The van der Waals surface area contributed by atoms with Crippen LogP contribution in [0.15, 0.2) is 102 Å². The van der Waals surface area contributed by atoms with Crippen LogP contribution in [0.3, 0.4) is 0 Å². The average molecular weight is 404 g/mol. The number of hydrogen-bond donors (Lipinski definition) is 1. The van der Waals surface area contributed by atoms with Crippen molar-refractivity contribution in [2.24, 2.45) is 0 Å². The molecule has 6 nitrogen and oxygen atoms in total. The molecule has 146 valence electrons. The molecule has 4 aromatic rings. The summed E-state index contributed by atoms with van der Waals surface area (Å²) in [5.41, 5.74) is 2.63. The number of nitrogens with zero attached hydrogens (tertiary/aromatic N) is 3. The number of hydrogen-bond acceptors (Lipinski definition) is 4. The molecule has 0 fully saturated rings. The molecule has 7 heteroatoms. The molecule has 0 bridgehead atoms. The first-order valence-corrected chi connectivity index (χ1v) is 10.7. The molecule has 0 amide bonds. The van der Waals surface area contributed by atoms with Gasteiger partial charge in [-0.05, 0) is 17.7 Å². The normalized spacial score (nSPS) is 12.6. The van der Waals surface area contributed by atoms with Gasteiger partial charge in [-0.15, -0.1) is 5.10 Å². The predicted molar refractivity (Wildman–Crippen MR) is 112 cm³/mol. The molecule has 1 unspecified atom stereocenters. The van der Waals surface area contributed by atoms with Crippen molar-refractivity contribution < 1.29 is 8.42 Å². The fourth-order valence-corrected chi connectivity index (χ4v) is 4.14. The van der Waals surface area contributed by atoms with Gasteiger partial charge in [0.25, 0.3) is 0 Å². The molecule has 0 saturated carbocycles. The van der Waals surface area contributed by atoms with Gasteiger partial charge in [-0.25, -0.2) is 17.8 Å². The van der Waals surface area contributed by atoms with Gasteiger partial charge in [0.2, 0.25) is 10.0 Å². The van der Waals surface area contributed by atoms with Crippen LogP contribution in [0.4, 0.5) is 0 Å². The van der Waals surface area contributed by atoms with Gasteiger partial charge >= 0.3 is 0 Å². The molecular weight excluding hydrogens is 384 g/mol. The molecule has 0 radical (unpaired) electrons. The Labute approximate surface area is 169 Å². The Morgan fingerprint density at radius 2 is 1.41 bits per heavy atom. The third-order valence-corrected chi connectivity index (χ3v) is 6.04. The van der Waals surface area contributed by atoms with Crippen LogP contribution in [0.5, 0.6) is 0 Å². The molecule has 0 aliphatic heterocycles. The highest BCUT2D eigenvalue weighted by atomic mass is 32.2. The number of nitrogens with one attached hydrogen (secondary N) is 1. The second-order valence-corrected chi connectivity index (χ2v) is 8.31. The predicted octanol–water partition coefficient (Wildman–Crippen LogP) is 3.51. The molecule has 0 aliphatic rings. The minimum atomic E-state index is -3.63. The van der Waals surface area contributed by atoms with E-state index in [1.165, 1.54) is 0 Å². The number of aromatic nitrogens is 3. The summed E-state index contributed by atoms with van der Waals surface area (Å²) in [4.78, 5) is 0.232. The SMILES string of the molecule is O=S(=O)(NCC(c1ccccc1)n1cc(-c2ccccc2)nn1)c1ccccc1. The molecule has 1 heterocycles. The molecular formula is C22H20N4O2S. The Balaban J connectivity index is 1.63. The lowest BCUT2D eigenvalue weighted by Crippen LogP contribution is -2.31. The number of rotatable bonds is 7. The summed E-state index contributed by atoms with van der Waals surface area (Å²) in [6, 6.07) is 27.4. The van der Waals surface area contributed by atoms with Gasteiger partial charge in [0.15, 0.2) is 0 Å². The van der Waals surface area contributed by atoms with Crippen molar-refractivity contribution >= 4 is 10.0 Å². The highest BCUT2D eigenvalue weighted by Crippen LogP contribution is 2.21. The number of benzene rings is 3. The minimum absolute atomic E-state index is 0.152. The maximum absolute atomic E-state index is 12.7. The van der Waals surface area contributed by atoms with E-state index in [0.29, 0.717) is 0 Å². The second kappa shape index (κ2) is 8.38. The van der Waals surface area contributed by atoms with Crippen LogP contribution in [0.25, 0.3) is 11.3 Å². The molecule has 3 aromatic carbocycles. The largest absolute Gasteiger partial charge is 0.243 e. The van der Waals surface area contributed by atoms with Gasteiger partial charge in [0.1, 0.15) is 5.69 Å². The molecule has 1 N–H and O–H groups in total. The van der Waals surface area contributed by atoms with Crippen molar-refractivity contribution in [3.05, 3.63) is 103 Å². The highest BCUT2D eigenvalue weighted by Gasteiger charge is 2.20. The first-order valence-electron chi connectivity index (χ1n) is 9.20. The maximum Gasteiger partial charge on any atom is 0.240 e. The Morgan fingerprint density at radius 3 is 2.07 bits per heavy atom. The van der Waals surface area contributed by atoms with Gasteiger partial charge < -0.3 is 0 Å². The zero-order valence-electron chi connectivity index (χ0n) is 15.6. The summed E-state index contributed by atoms with van der Waals surface area (Å²) in [6.07, 6.45) is 1.84. The molecule has 0 aliphatic carbocycles. The fraction of sp³-hybridized carbons (Fsp3) is 0.0909. The van der Waals surface area contributed by atoms with Crippen LogP contribution < -0.4 is 4.72 Å². The van der Waals surface area contributed by atoms with Crippen molar-refractivity contribution in [1.82, 2.24) is 19.7 Å². The highest BCUT2D eigenvalue weighted by molar-refractivity contribution is 7.89. The van der Waals surface area contributed by atoms with E-state index in [4.69, 9.17) is 0 Å². The third-order valence-electron chi connectivity index (χ3n) is 4.60. The van der Waals surface area contributed by atoms with E-state index in [1.54, 1.807) is 35.0 Å². The summed E-state index contributed by atoms with van der Waals surface area (Å²) >= 11 is 0. The first kappa shape index (κ1) is 19.0. The molecule has 0 saturated heterocycles. The van der Waals surface area contributed by atoms with Crippen molar-refractivity contribution in [3.63, 3.8) is 0 Å². The van der Waals surface area contributed by atoms with Gasteiger partial charge in [0.05, 0.1) is 17.1 Å². The van der Waals surface area contributed by atoms with E-state index in [9.17, 15) is 8.42 Å². The summed E-state index contributed by atoms with van der Waals surface area (Å²) in [5.74, 6) is 0. The lowest BCUT2D eigenvalue weighted by Gasteiger charge is -2.18. The monoisotopic (exact) mass is 404 g/mol. The quantitative estimate of drug-likeness (QED) is 0.511. The molecule has 0 spiro atoms. The van der Waals surface area contributed by atoms with Crippen molar-refractivity contribution in [1.29, 1.82) is 0 Å². The third kappa shape index (κ3) is 4.42. The smallest absolute Gasteiger partial charge is 0.240 e. The van der Waals surface area contributed by atoms with Crippen molar-refractivity contribution in [2.75, 3.05) is 6.54 Å². The molecule has 29 heavy (non-hydrogen) atoms. The van der Waals surface area contributed by atoms with Gasteiger partial charge in [-0.1, -0.05) is 84.1 Å². The molecule has 1 atom stereocenters. The molecule has 4 rings (SSSR count). The minimum Gasteiger partial charge on any atom is -0.243 e. The Kier molecular flexibility index (Phi) is 5.50. The average Bonchev–Trinajstić information content (AvgIpc) is 3.26. The summed E-state index contributed by atoms with van der Waals surface area (Å²) < 4.78 is 29.7.